The van der Waals surface area contributed by atoms with Gasteiger partial charge >= 0.3 is 12.0 Å². The van der Waals surface area contributed by atoms with E-state index in [1.807, 2.05) is 24.3 Å². The van der Waals surface area contributed by atoms with Crippen molar-refractivity contribution in [3.63, 3.8) is 0 Å². The molecular weight excluding hydrogens is 364 g/mol. The molecule has 0 atom stereocenters. The molecule has 0 spiro atoms. The Labute approximate surface area is 161 Å². The lowest BCUT2D eigenvalue weighted by Crippen LogP contribution is -2.20. The smallest absolute Gasteiger partial charge is 0.327 e. The molecule has 0 aliphatic rings. The van der Waals surface area contributed by atoms with Crippen molar-refractivity contribution in [3.05, 3.63) is 53.9 Å². The van der Waals surface area contributed by atoms with Crippen LogP contribution in [-0.4, -0.2) is 37.6 Å². The molecule has 3 aromatic rings. The van der Waals surface area contributed by atoms with E-state index in [0.717, 1.165) is 11.3 Å². The summed E-state index contributed by atoms with van der Waals surface area (Å²) in [7, 11) is 4.66. The molecule has 0 aliphatic carbocycles. The molecule has 9 heteroatoms. The lowest BCUT2D eigenvalue weighted by atomic mass is 10.1. The lowest BCUT2D eigenvalue weighted by Gasteiger charge is -2.11. The van der Waals surface area contributed by atoms with Crippen LogP contribution in [0.5, 0.6) is 17.2 Å². The van der Waals surface area contributed by atoms with E-state index in [-0.39, 0.29) is 6.01 Å². The molecule has 146 valence electrons. The van der Waals surface area contributed by atoms with Crippen LogP contribution >= 0.6 is 0 Å². The number of nitrogens with one attached hydrogen (secondary N) is 2. The SMILES string of the molecule is COc1ccc(Cc2nnc(NC(=O)Nc3ccc(OC)cc3OC)o2)cc1. The summed E-state index contributed by atoms with van der Waals surface area (Å²) in [4.78, 5) is 12.2. The van der Waals surface area contributed by atoms with E-state index in [4.69, 9.17) is 18.6 Å². The number of urea groups is 1. The van der Waals surface area contributed by atoms with Gasteiger partial charge in [-0.25, -0.2) is 4.79 Å². The van der Waals surface area contributed by atoms with Crippen molar-refractivity contribution < 1.29 is 23.4 Å². The number of methoxy groups -OCH3 is 3. The van der Waals surface area contributed by atoms with Crippen LogP contribution in [0.15, 0.2) is 46.9 Å². The average molecular weight is 384 g/mol. The first-order valence-corrected chi connectivity index (χ1v) is 8.36. The quantitative estimate of drug-likeness (QED) is 0.643. The molecule has 28 heavy (non-hydrogen) atoms. The van der Waals surface area contributed by atoms with Gasteiger partial charge in [-0.05, 0) is 29.8 Å². The van der Waals surface area contributed by atoms with Gasteiger partial charge in [-0.1, -0.05) is 17.2 Å². The summed E-state index contributed by atoms with van der Waals surface area (Å²) in [6, 6.07) is 12.0. The number of benzene rings is 2. The van der Waals surface area contributed by atoms with Crippen LogP contribution in [0.25, 0.3) is 0 Å². The maximum absolute atomic E-state index is 12.2. The number of rotatable bonds is 7. The molecule has 0 saturated heterocycles. The summed E-state index contributed by atoms with van der Waals surface area (Å²) in [6.07, 6.45) is 0.437. The van der Waals surface area contributed by atoms with Gasteiger partial charge in [0.2, 0.25) is 5.89 Å². The number of aromatic nitrogens is 2. The largest absolute Gasteiger partial charge is 0.497 e. The van der Waals surface area contributed by atoms with Crippen molar-refractivity contribution in [2.75, 3.05) is 32.0 Å². The van der Waals surface area contributed by atoms with E-state index in [1.54, 1.807) is 32.4 Å². The fourth-order valence-corrected chi connectivity index (χ4v) is 2.45. The molecule has 2 amide bonds. The summed E-state index contributed by atoms with van der Waals surface area (Å²) < 4.78 is 21.0. The third-order valence-electron chi connectivity index (χ3n) is 3.86. The molecule has 0 saturated carbocycles. The van der Waals surface area contributed by atoms with Crippen LogP contribution in [0.1, 0.15) is 11.5 Å². The number of carbonyl (C=O) groups excluding carboxylic acids is 1. The lowest BCUT2D eigenvalue weighted by molar-refractivity contribution is 0.261. The predicted molar refractivity (Wildman–Crippen MR) is 102 cm³/mol. The first-order valence-electron chi connectivity index (χ1n) is 8.36. The molecule has 2 aromatic carbocycles. The van der Waals surface area contributed by atoms with Crippen LogP contribution in [0.2, 0.25) is 0 Å². The summed E-state index contributed by atoms with van der Waals surface area (Å²) in [5.74, 6) is 2.22. The van der Waals surface area contributed by atoms with Crippen molar-refractivity contribution in [2.24, 2.45) is 0 Å². The highest BCUT2D eigenvalue weighted by Crippen LogP contribution is 2.29. The highest BCUT2D eigenvalue weighted by atomic mass is 16.5. The molecule has 1 aromatic heterocycles. The van der Waals surface area contributed by atoms with Gasteiger partial charge in [0.05, 0.1) is 33.4 Å². The zero-order valence-electron chi connectivity index (χ0n) is 15.7. The van der Waals surface area contributed by atoms with Crippen molar-refractivity contribution in [1.82, 2.24) is 10.2 Å². The van der Waals surface area contributed by atoms with E-state index in [1.165, 1.54) is 7.11 Å². The fourth-order valence-electron chi connectivity index (χ4n) is 2.45. The topological polar surface area (TPSA) is 108 Å². The highest BCUT2D eigenvalue weighted by molar-refractivity contribution is 5.99. The second-order valence-corrected chi connectivity index (χ2v) is 5.67. The van der Waals surface area contributed by atoms with Crippen LogP contribution in [0.4, 0.5) is 16.5 Å². The van der Waals surface area contributed by atoms with Crippen molar-refractivity contribution in [1.29, 1.82) is 0 Å². The third-order valence-corrected chi connectivity index (χ3v) is 3.86. The van der Waals surface area contributed by atoms with Gasteiger partial charge in [-0.2, -0.15) is 0 Å². The first kappa shape index (κ1) is 19.0. The predicted octanol–water partition coefficient (Wildman–Crippen LogP) is 3.33. The summed E-state index contributed by atoms with van der Waals surface area (Å²) in [6.45, 7) is 0. The van der Waals surface area contributed by atoms with E-state index < -0.39 is 6.03 Å². The van der Waals surface area contributed by atoms with E-state index >= 15 is 0 Å². The Morgan fingerprint density at radius 2 is 1.64 bits per heavy atom. The van der Waals surface area contributed by atoms with Crippen molar-refractivity contribution in [3.8, 4) is 17.2 Å². The number of hydrogen-bond donors (Lipinski definition) is 2. The van der Waals surface area contributed by atoms with Crippen LogP contribution in [0.3, 0.4) is 0 Å². The normalized spacial score (nSPS) is 10.2. The van der Waals surface area contributed by atoms with Crippen LogP contribution < -0.4 is 24.8 Å². The van der Waals surface area contributed by atoms with Gasteiger partial charge in [0.1, 0.15) is 17.2 Å². The zero-order chi connectivity index (χ0) is 19.9. The molecule has 1 heterocycles. The van der Waals surface area contributed by atoms with Gasteiger partial charge in [0.15, 0.2) is 0 Å². The van der Waals surface area contributed by atoms with Gasteiger partial charge < -0.3 is 23.9 Å². The van der Waals surface area contributed by atoms with E-state index in [2.05, 4.69) is 20.8 Å². The number of carbonyl (C=O) groups is 1. The van der Waals surface area contributed by atoms with Gasteiger partial charge in [-0.15, -0.1) is 5.10 Å². The Bertz CT molecular complexity index is 940. The number of anilines is 2. The number of ether oxygens (including phenoxy) is 3. The van der Waals surface area contributed by atoms with Crippen LogP contribution in [-0.2, 0) is 6.42 Å². The minimum Gasteiger partial charge on any atom is -0.497 e. The van der Waals surface area contributed by atoms with Crippen LogP contribution in [0, 0.1) is 0 Å². The Kier molecular flexibility index (Phi) is 5.95. The number of amides is 2. The zero-order valence-corrected chi connectivity index (χ0v) is 15.7. The van der Waals surface area contributed by atoms with Gasteiger partial charge in [0, 0.05) is 6.07 Å². The summed E-state index contributed by atoms with van der Waals surface area (Å²) in [5, 5.41) is 12.9. The Hall–Kier alpha value is -3.75. The number of hydrogen-bond acceptors (Lipinski definition) is 7. The Morgan fingerprint density at radius 3 is 2.32 bits per heavy atom. The minimum absolute atomic E-state index is 0.00603. The molecule has 0 fully saturated rings. The highest BCUT2D eigenvalue weighted by Gasteiger charge is 2.13. The molecule has 2 N–H and O–H groups in total. The Balaban J connectivity index is 1.60. The minimum atomic E-state index is -0.539. The average Bonchev–Trinajstić information content (AvgIpc) is 3.15. The molecule has 3 rings (SSSR count). The molecule has 9 nitrogen and oxygen atoms in total. The summed E-state index contributed by atoms with van der Waals surface area (Å²) >= 11 is 0. The van der Waals surface area contributed by atoms with Gasteiger partial charge in [0.25, 0.3) is 0 Å². The third kappa shape index (κ3) is 4.70. The molecule has 0 bridgehead atoms. The summed E-state index contributed by atoms with van der Waals surface area (Å²) in [5.41, 5.74) is 1.45. The first-order chi connectivity index (χ1) is 13.6. The van der Waals surface area contributed by atoms with E-state index in [9.17, 15) is 4.79 Å². The molecule has 0 unspecified atom stereocenters. The van der Waals surface area contributed by atoms with E-state index in [0.29, 0.717) is 29.5 Å². The Morgan fingerprint density at radius 1 is 0.929 bits per heavy atom. The standard InChI is InChI=1S/C19H20N4O5/c1-25-13-6-4-12(5-7-13)10-17-22-23-19(28-17)21-18(24)20-15-9-8-14(26-2)11-16(15)27-3/h4-9,11H,10H2,1-3H3,(H2,20,21,23,24). The fraction of sp³-hybridized carbons (Fsp3) is 0.211. The molecule has 0 aliphatic heterocycles. The second-order valence-electron chi connectivity index (χ2n) is 5.67. The van der Waals surface area contributed by atoms with Gasteiger partial charge in [-0.3, -0.25) is 5.32 Å². The maximum Gasteiger partial charge on any atom is 0.327 e. The molecular formula is C19H20N4O5. The number of nitrogens with zero attached hydrogens (tertiary/aromatic N) is 2. The van der Waals surface area contributed by atoms with Crippen molar-refractivity contribution >= 4 is 17.7 Å². The second kappa shape index (κ2) is 8.76. The monoisotopic (exact) mass is 384 g/mol. The molecule has 0 radical (unpaired) electrons. The maximum atomic E-state index is 12.2. The van der Waals surface area contributed by atoms with Crippen molar-refractivity contribution in [2.45, 2.75) is 6.42 Å².